The highest BCUT2D eigenvalue weighted by Crippen LogP contribution is 2.47. The first kappa shape index (κ1) is 25.5. The van der Waals surface area contributed by atoms with Gasteiger partial charge in [0.05, 0.1) is 18.1 Å². The van der Waals surface area contributed by atoms with Crippen molar-refractivity contribution < 1.29 is 19.1 Å². The number of carbonyl (C=O) groups excluding carboxylic acids is 2. The Morgan fingerprint density at radius 3 is 2.34 bits per heavy atom. The van der Waals surface area contributed by atoms with Gasteiger partial charge < -0.3 is 14.8 Å². The Labute approximate surface area is 224 Å². The summed E-state index contributed by atoms with van der Waals surface area (Å²) in [5, 5.41) is 3.43. The number of Topliss-reactive ketones (excluding diaryl/α,β-unsaturated/α-hetero) is 1. The zero-order valence-corrected chi connectivity index (χ0v) is 21.9. The summed E-state index contributed by atoms with van der Waals surface area (Å²) >= 11 is 0. The standard InChI is InChI=1S/C33H33NO4/c1-3-18-37-33(36)30-22(2)34-27-19-25(24-14-8-5-9-15-24)20-28(35)32(27)31(30)26-16-10-11-17-29(26)38-21-23-12-6-4-7-13-23/h4-17,25,31,34H,3,18-21H2,1-2H3/t25-,31-/m0/s1. The molecule has 5 heteroatoms. The number of allylic oxidation sites excluding steroid dienone is 3. The molecule has 0 saturated carbocycles. The van der Waals surface area contributed by atoms with Gasteiger partial charge in [-0.3, -0.25) is 4.79 Å². The normalized spacial score (nSPS) is 19.1. The van der Waals surface area contributed by atoms with E-state index in [0.29, 0.717) is 48.6 Å². The number of benzene rings is 3. The molecule has 0 saturated heterocycles. The van der Waals surface area contributed by atoms with Crippen LogP contribution in [0.25, 0.3) is 0 Å². The highest BCUT2D eigenvalue weighted by molar-refractivity contribution is 6.04. The minimum Gasteiger partial charge on any atom is -0.489 e. The van der Waals surface area contributed by atoms with Gasteiger partial charge in [-0.25, -0.2) is 4.79 Å². The molecule has 38 heavy (non-hydrogen) atoms. The molecule has 0 aromatic heterocycles. The van der Waals surface area contributed by atoms with E-state index in [1.54, 1.807) is 0 Å². The number of para-hydroxylation sites is 1. The monoisotopic (exact) mass is 507 g/mol. The van der Waals surface area contributed by atoms with E-state index in [2.05, 4.69) is 17.4 Å². The highest BCUT2D eigenvalue weighted by Gasteiger charge is 2.42. The fourth-order valence-electron chi connectivity index (χ4n) is 5.44. The molecule has 0 amide bonds. The number of nitrogens with one attached hydrogen (secondary N) is 1. The van der Waals surface area contributed by atoms with Crippen LogP contribution in [0.15, 0.2) is 107 Å². The maximum Gasteiger partial charge on any atom is 0.336 e. The molecule has 3 aromatic carbocycles. The van der Waals surface area contributed by atoms with Crippen molar-refractivity contribution in [3.63, 3.8) is 0 Å². The van der Waals surface area contributed by atoms with Gasteiger partial charge in [0.2, 0.25) is 0 Å². The Balaban J connectivity index is 1.56. The summed E-state index contributed by atoms with van der Waals surface area (Å²) in [4.78, 5) is 27.3. The molecule has 5 nitrogen and oxygen atoms in total. The number of hydrogen-bond acceptors (Lipinski definition) is 5. The molecule has 2 aliphatic rings. The van der Waals surface area contributed by atoms with Gasteiger partial charge in [-0.1, -0.05) is 85.8 Å². The van der Waals surface area contributed by atoms with Crippen molar-refractivity contribution in [1.82, 2.24) is 5.32 Å². The molecule has 0 spiro atoms. The van der Waals surface area contributed by atoms with Gasteiger partial charge in [0.1, 0.15) is 12.4 Å². The molecule has 1 heterocycles. The minimum atomic E-state index is -0.563. The van der Waals surface area contributed by atoms with E-state index < -0.39 is 11.9 Å². The Morgan fingerprint density at radius 2 is 1.61 bits per heavy atom. The van der Waals surface area contributed by atoms with Crippen molar-refractivity contribution >= 4 is 11.8 Å². The van der Waals surface area contributed by atoms with E-state index >= 15 is 0 Å². The number of rotatable bonds is 8. The first-order valence-electron chi connectivity index (χ1n) is 13.3. The maximum absolute atomic E-state index is 13.9. The van der Waals surface area contributed by atoms with Crippen LogP contribution in [-0.4, -0.2) is 18.4 Å². The van der Waals surface area contributed by atoms with Crippen molar-refractivity contribution in [3.05, 3.63) is 124 Å². The lowest BCUT2D eigenvalue weighted by molar-refractivity contribution is -0.139. The fraction of sp³-hybridized carbons (Fsp3) is 0.273. The highest BCUT2D eigenvalue weighted by atomic mass is 16.5. The van der Waals surface area contributed by atoms with Crippen molar-refractivity contribution in [3.8, 4) is 5.75 Å². The topological polar surface area (TPSA) is 64.6 Å². The predicted molar refractivity (Wildman–Crippen MR) is 147 cm³/mol. The first-order chi connectivity index (χ1) is 18.6. The Hall–Kier alpha value is -4.12. The van der Waals surface area contributed by atoms with Gasteiger partial charge in [0, 0.05) is 29.0 Å². The number of ketones is 1. The van der Waals surface area contributed by atoms with Crippen molar-refractivity contribution in [1.29, 1.82) is 0 Å². The molecule has 3 aromatic rings. The van der Waals surface area contributed by atoms with Gasteiger partial charge >= 0.3 is 5.97 Å². The Morgan fingerprint density at radius 1 is 0.921 bits per heavy atom. The Kier molecular flexibility index (Phi) is 7.73. The van der Waals surface area contributed by atoms with Gasteiger partial charge in [-0.15, -0.1) is 0 Å². The zero-order chi connectivity index (χ0) is 26.5. The molecule has 0 unspecified atom stereocenters. The molecule has 2 atom stereocenters. The van der Waals surface area contributed by atoms with Crippen LogP contribution in [0.5, 0.6) is 5.75 Å². The van der Waals surface area contributed by atoms with E-state index in [1.807, 2.05) is 86.6 Å². The van der Waals surface area contributed by atoms with Crippen molar-refractivity contribution in [2.45, 2.75) is 51.6 Å². The Bertz CT molecular complexity index is 1370. The largest absolute Gasteiger partial charge is 0.489 e. The van der Waals surface area contributed by atoms with Crippen LogP contribution in [0.1, 0.15) is 61.6 Å². The average molecular weight is 508 g/mol. The van der Waals surface area contributed by atoms with Crippen molar-refractivity contribution in [2.75, 3.05) is 6.61 Å². The van der Waals surface area contributed by atoms with Gasteiger partial charge in [-0.05, 0) is 42.9 Å². The molecule has 0 bridgehead atoms. The van der Waals surface area contributed by atoms with Crippen LogP contribution in [0.2, 0.25) is 0 Å². The third-order valence-corrected chi connectivity index (χ3v) is 7.22. The summed E-state index contributed by atoms with van der Waals surface area (Å²) in [5.41, 5.74) is 5.69. The quantitative estimate of drug-likeness (QED) is 0.349. The number of esters is 1. The number of carbonyl (C=O) groups is 2. The lowest BCUT2D eigenvalue weighted by Gasteiger charge is -2.37. The van der Waals surface area contributed by atoms with Gasteiger partial charge in [0.25, 0.3) is 0 Å². The lowest BCUT2D eigenvalue weighted by Crippen LogP contribution is -2.36. The van der Waals surface area contributed by atoms with Crippen LogP contribution in [0.3, 0.4) is 0 Å². The van der Waals surface area contributed by atoms with Gasteiger partial charge in [0.15, 0.2) is 5.78 Å². The van der Waals surface area contributed by atoms with Crippen LogP contribution in [-0.2, 0) is 20.9 Å². The third kappa shape index (κ3) is 5.28. The third-order valence-electron chi connectivity index (χ3n) is 7.22. The predicted octanol–water partition coefficient (Wildman–Crippen LogP) is 6.58. The van der Waals surface area contributed by atoms with E-state index in [1.165, 1.54) is 0 Å². The summed E-state index contributed by atoms with van der Waals surface area (Å²) < 4.78 is 11.9. The molecule has 194 valence electrons. The molecule has 5 rings (SSSR count). The molecule has 0 radical (unpaired) electrons. The second kappa shape index (κ2) is 11.5. The molecule has 1 N–H and O–H groups in total. The van der Waals surface area contributed by atoms with Crippen molar-refractivity contribution in [2.24, 2.45) is 0 Å². The average Bonchev–Trinajstić information content (AvgIpc) is 2.95. The maximum atomic E-state index is 13.9. The van der Waals surface area contributed by atoms with Crippen LogP contribution in [0.4, 0.5) is 0 Å². The number of hydrogen-bond donors (Lipinski definition) is 1. The van der Waals surface area contributed by atoms with E-state index in [-0.39, 0.29) is 11.7 Å². The SMILES string of the molecule is CCCOC(=O)C1=C(C)NC2=C(C(=O)C[C@@H](c3ccccc3)C2)[C@H]1c1ccccc1OCc1ccccc1. The zero-order valence-electron chi connectivity index (χ0n) is 21.9. The minimum absolute atomic E-state index is 0.0451. The van der Waals surface area contributed by atoms with Crippen LogP contribution in [0, 0.1) is 0 Å². The number of dihydropyridines is 1. The number of ether oxygens (including phenoxy) is 2. The second-order valence-corrected chi connectivity index (χ2v) is 9.88. The lowest BCUT2D eigenvalue weighted by atomic mass is 9.71. The van der Waals surface area contributed by atoms with E-state index in [9.17, 15) is 9.59 Å². The molecule has 1 aliphatic heterocycles. The molecule has 1 aliphatic carbocycles. The molecular formula is C33H33NO4. The molecular weight excluding hydrogens is 474 g/mol. The second-order valence-electron chi connectivity index (χ2n) is 9.88. The summed E-state index contributed by atoms with van der Waals surface area (Å²) in [5.74, 6) is -0.178. The summed E-state index contributed by atoms with van der Waals surface area (Å²) in [6, 6.07) is 27.8. The van der Waals surface area contributed by atoms with E-state index in [0.717, 1.165) is 28.8 Å². The summed E-state index contributed by atoms with van der Waals surface area (Å²) in [6.45, 7) is 4.57. The van der Waals surface area contributed by atoms with Gasteiger partial charge in [-0.2, -0.15) is 0 Å². The van der Waals surface area contributed by atoms with Crippen LogP contribution < -0.4 is 10.1 Å². The first-order valence-corrected chi connectivity index (χ1v) is 13.3. The summed E-state index contributed by atoms with van der Waals surface area (Å²) in [6.07, 6.45) is 1.81. The molecule has 0 fully saturated rings. The fourth-order valence-corrected chi connectivity index (χ4v) is 5.44. The van der Waals surface area contributed by atoms with Crippen LogP contribution >= 0.6 is 0 Å². The summed E-state index contributed by atoms with van der Waals surface area (Å²) in [7, 11) is 0. The smallest absolute Gasteiger partial charge is 0.336 e. The van der Waals surface area contributed by atoms with E-state index in [4.69, 9.17) is 9.47 Å².